The molecule has 0 bridgehead atoms. The highest BCUT2D eigenvalue weighted by molar-refractivity contribution is 5.36. The van der Waals surface area contributed by atoms with Gasteiger partial charge in [-0.15, -0.1) is 0 Å². The topological polar surface area (TPSA) is 56.5 Å². The largest absolute Gasteiger partial charge is 0.491 e. The van der Waals surface area contributed by atoms with Crippen LogP contribution in [0.2, 0.25) is 0 Å². The van der Waals surface area contributed by atoms with Gasteiger partial charge in [0.25, 0.3) is 0 Å². The molecule has 0 heterocycles. The van der Waals surface area contributed by atoms with Gasteiger partial charge in [-0.2, -0.15) is 0 Å². The molecule has 1 rings (SSSR count). The molecule has 3 N–H and O–H groups in total. The van der Waals surface area contributed by atoms with Gasteiger partial charge in [0.2, 0.25) is 0 Å². The molecule has 0 amide bonds. The van der Waals surface area contributed by atoms with E-state index in [-0.39, 0.29) is 12.1 Å². The Morgan fingerprint density at radius 3 is 2.59 bits per heavy atom. The fraction of sp³-hybridized carbons (Fsp3) is 0.538. The number of nitrogens with two attached hydrogens (primary N) is 1. The van der Waals surface area contributed by atoms with Gasteiger partial charge in [-0.3, -0.25) is 11.3 Å². The minimum atomic E-state index is -0.0510. The van der Waals surface area contributed by atoms with Crippen LogP contribution in [0.3, 0.4) is 0 Å². The summed E-state index contributed by atoms with van der Waals surface area (Å²) in [7, 11) is 0. The fourth-order valence-corrected chi connectivity index (χ4v) is 1.59. The third kappa shape index (κ3) is 4.34. The quantitative estimate of drug-likeness (QED) is 0.563. The lowest BCUT2D eigenvalue weighted by molar-refractivity contribution is 0.121. The first-order valence-electron chi connectivity index (χ1n) is 5.98. The van der Waals surface area contributed by atoms with Crippen LogP contribution in [0.25, 0.3) is 0 Å². The molecular formula is C13H22N2O2. The SMILES string of the molecule is CCOCC(NN)c1ccccc1OC(C)C. The van der Waals surface area contributed by atoms with Crippen LogP contribution in [0.1, 0.15) is 32.4 Å². The third-order valence-electron chi connectivity index (χ3n) is 2.35. The summed E-state index contributed by atoms with van der Waals surface area (Å²) in [6.45, 7) is 7.18. The molecule has 1 unspecified atom stereocenters. The molecule has 0 saturated heterocycles. The van der Waals surface area contributed by atoms with Gasteiger partial charge in [-0.05, 0) is 26.8 Å². The lowest BCUT2D eigenvalue weighted by Crippen LogP contribution is -2.32. The maximum Gasteiger partial charge on any atom is 0.124 e. The Hall–Kier alpha value is -1.10. The van der Waals surface area contributed by atoms with Crippen molar-refractivity contribution < 1.29 is 9.47 Å². The lowest BCUT2D eigenvalue weighted by atomic mass is 10.1. The molecule has 0 saturated carbocycles. The van der Waals surface area contributed by atoms with Crippen molar-refractivity contribution in [3.63, 3.8) is 0 Å². The zero-order valence-electron chi connectivity index (χ0n) is 10.8. The van der Waals surface area contributed by atoms with Crippen LogP contribution in [-0.4, -0.2) is 19.3 Å². The number of para-hydroxylation sites is 1. The molecule has 17 heavy (non-hydrogen) atoms. The van der Waals surface area contributed by atoms with Crippen molar-refractivity contribution in [2.75, 3.05) is 13.2 Å². The molecule has 4 heteroatoms. The van der Waals surface area contributed by atoms with Gasteiger partial charge >= 0.3 is 0 Å². The number of rotatable bonds is 7. The molecule has 0 radical (unpaired) electrons. The number of hydrazine groups is 1. The summed E-state index contributed by atoms with van der Waals surface area (Å²) in [5, 5.41) is 0. The summed E-state index contributed by atoms with van der Waals surface area (Å²) < 4.78 is 11.2. The Morgan fingerprint density at radius 1 is 1.29 bits per heavy atom. The second-order valence-corrected chi connectivity index (χ2v) is 4.08. The summed E-state index contributed by atoms with van der Waals surface area (Å²) >= 11 is 0. The zero-order chi connectivity index (χ0) is 12.7. The number of hydrogen-bond acceptors (Lipinski definition) is 4. The standard InChI is InChI=1S/C13H22N2O2/c1-4-16-9-12(15-14)11-7-5-6-8-13(11)17-10(2)3/h5-8,10,12,15H,4,9,14H2,1-3H3. The highest BCUT2D eigenvalue weighted by Gasteiger charge is 2.15. The maximum absolute atomic E-state index is 5.76. The summed E-state index contributed by atoms with van der Waals surface area (Å²) in [5.74, 6) is 6.41. The number of hydrogen-bond donors (Lipinski definition) is 2. The zero-order valence-corrected chi connectivity index (χ0v) is 10.8. The summed E-state index contributed by atoms with van der Waals surface area (Å²) in [5.41, 5.74) is 3.79. The van der Waals surface area contributed by atoms with Crippen molar-refractivity contribution in [2.24, 2.45) is 5.84 Å². The van der Waals surface area contributed by atoms with Gasteiger partial charge in [-0.25, -0.2) is 0 Å². The van der Waals surface area contributed by atoms with Gasteiger partial charge in [0, 0.05) is 12.2 Å². The second kappa shape index (κ2) is 7.27. The molecule has 0 aliphatic heterocycles. The Balaban J connectivity index is 2.85. The van der Waals surface area contributed by atoms with Crippen LogP contribution < -0.4 is 16.0 Å². The van der Waals surface area contributed by atoms with Gasteiger partial charge < -0.3 is 9.47 Å². The Kier molecular flexibility index (Phi) is 5.97. The first kappa shape index (κ1) is 14.0. The summed E-state index contributed by atoms with van der Waals surface area (Å²) in [6.07, 6.45) is 0.140. The molecule has 0 fully saturated rings. The van der Waals surface area contributed by atoms with Crippen LogP contribution in [0, 0.1) is 0 Å². The van der Waals surface area contributed by atoms with Crippen LogP contribution >= 0.6 is 0 Å². The van der Waals surface area contributed by atoms with E-state index in [2.05, 4.69) is 5.43 Å². The van der Waals surface area contributed by atoms with Crippen LogP contribution in [-0.2, 0) is 4.74 Å². The van der Waals surface area contributed by atoms with Crippen LogP contribution in [0.5, 0.6) is 5.75 Å². The van der Waals surface area contributed by atoms with Gasteiger partial charge in [0.05, 0.1) is 18.8 Å². The molecule has 96 valence electrons. The van der Waals surface area contributed by atoms with E-state index in [0.717, 1.165) is 11.3 Å². The third-order valence-corrected chi connectivity index (χ3v) is 2.35. The predicted octanol–water partition coefficient (Wildman–Crippen LogP) is 2.01. The van der Waals surface area contributed by atoms with Gasteiger partial charge in [0.1, 0.15) is 5.75 Å². The van der Waals surface area contributed by atoms with Gasteiger partial charge in [0.15, 0.2) is 0 Å². The lowest BCUT2D eigenvalue weighted by Gasteiger charge is -2.20. The predicted molar refractivity (Wildman–Crippen MR) is 68.8 cm³/mol. The number of ether oxygens (including phenoxy) is 2. The minimum absolute atomic E-state index is 0.0510. The summed E-state index contributed by atoms with van der Waals surface area (Å²) in [4.78, 5) is 0. The average molecular weight is 238 g/mol. The number of benzene rings is 1. The first-order chi connectivity index (χ1) is 8.19. The van der Waals surface area contributed by atoms with E-state index < -0.39 is 0 Å². The smallest absolute Gasteiger partial charge is 0.124 e. The van der Waals surface area contributed by atoms with E-state index in [9.17, 15) is 0 Å². The van der Waals surface area contributed by atoms with Crippen LogP contribution in [0.4, 0.5) is 0 Å². The van der Waals surface area contributed by atoms with E-state index in [1.807, 2.05) is 45.0 Å². The van der Waals surface area contributed by atoms with Crippen molar-refractivity contribution in [2.45, 2.75) is 32.9 Å². The maximum atomic E-state index is 5.76. The molecular weight excluding hydrogens is 216 g/mol. The molecule has 4 nitrogen and oxygen atoms in total. The second-order valence-electron chi connectivity index (χ2n) is 4.08. The van der Waals surface area contributed by atoms with Crippen molar-refractivity contribution in [3.8, 4) is 5.75 Å². The molecule has 0 aromatic heterocycles. The normalized spacial score (nSPS) is 12.8. The Bertz CT molecular complexity index is 329. The van der Waals surface area contributed by atoms with E-state index in [1.54, 1.807) is 0 Å². The van der Waals surface area contributed by atoms with Crippen LogP contribution in [0.15, 0.2) is 24.3 Å². The van der Waals surface area contributed by atoms with E-state index in [0.29, 0.717) is 13.2 Å². The summed E-state index contributed by atoms with van der Waals surface area (Å²) in [6, 6.07) is 7.83. The van der Waals surface area contributed by atoms with E-state index in [4.69, 9.17) is 15.3 Å². The fourth-order valence-electron chi connectivity index (χ4n) is 1.59. The average Bonchev–Trinajstić information content (AvgIpc) is 2.31. The van der Waals surface area contributed by atoms with E-state index in [1.165, 1.54) is 0 Å². The molecule has 1 aromatic carbocycles. The van der Waals surface area contributed by atoms with Crippen molar-refractivity contribution in [1.29, 1.82) is 0 Å². The minimum Gasteiger partial charge on any atom is -0.491 e. The highest BCUT2D eigenvalue weighted by Crippen LogP contribution is 2.25. The molecule has 0 aliphatic rings. The first-order valence-corrected chi connectivity index (χ1v) is 5.98. The van der Waals surface area contributed by atoms with Crippen molar-refractivity contribution in [3.05, 3.63) is 29.8 Å². The Labute approximate surface area is 103 Å². The van der Waals surface area contributed by atoms with Crippen molar-refractivity contribution >= 4 is 0 Å². The monoisotopic (exact) mass is 238 g/mol. The number of nitrogens with one attached hydrogen (secondary N) is 1. The van der Waals surface area contributed by atoms with Gasteiger partial charge in [-0.1, -0.05) is 18.2 Å². The highest BCUT2D eigenvalue weighted by atomic mass is 16.5. The Morgan fingerprint density at radius 2 is 2.00 bits per heavy atom. The molecule has 1 aromatic rings. The van der Waals surface area contributed by atoms with E-state index >= 15 is 0 Å². The van der Waals surface area contributed by atoms with Crippen molar-refractivity contribution in [1.82, 2.24) is 5.43 Å². The molecule has 0 spiro atoms. The molecule has 1 atom stereocenters. The molecule has 0 aliphatic carbocycles.